The molecule has 27 nitrogen and oxygen atoms in total. The molecule has 28 heteroatoms. The Balaban J connectivity index is 0.988. The molecule has 0 bridgehead atoms. The Morgan fingerprint density at radius 2 is 1.16 bits per heavy atom. The van der Waals surface area contributed by atoms with Gasteiger partial charge in [0.05, 0.1) is 43.2 Å². The molecular weight excluding hydrogens is 1150 g/mol. The maximum atomic E-state index is 13.8. The third-order valence-corrected chi connectivity index (χ3v) is 21.0. The SMILES string of the molecule is CO[C@@H]1[C@@H](O)[C@H](O[C@H]2[C@H](O[C@@H]3[C@@H](O)[C@H](O[C@H]4CC5C(=CC[C@@]6(C)C5CC[C@@H]6[C@@](C)(O)C(=O)CC=C(C)C)[C@@]5(C)CC[C@H](OS(=O)(=O)O)CC45)O[C@H](C)[C@H]3O)OC[C@@H](O[C@@H]3O[C@H](C)[C@@H](O)[C@H](O)[C@H]3O[C@@H]3O[C@H](C)[C@H](O)[C@H](O)[C@H]3O)[C@@H]2O)O[C@H](C)[C@H]1O. The number of rotatable bonds is 17. The fraction of sp³-hybridized carbons (Fsp3) is 0.912. The fourth-order valence-corrected chi connectivity index (χ4v) is 16.0. The van der Waals surface area contributed by atoms with Crippen molar-refractivity contribution < 1.29 is 130 Å². The van der Waals surface area contributed by atoms with Crippen molar-refractivity contribution in [2.24, 2.45) is 34.5 Å². The predicted octanol–water partition coefficient (Wildman–Crippen LogP) is -1.07. The van der Waals surface area contributed by atoms with Crippen molar-refractivity contribution in [2.75, 3.05) is 13.7 Å². The van der Waals surface area contributed by atoms with Crippen molar-refractivity contribution >= 4 is 16.2 Å². The summed E-state index contributed by atoms with van der Waals surface area (Å²) in [6.45, 7) is 14.8. The van der Waals surface area contributed by atoms with Crippen molar-refractivity contribution in [3.63, 3.8) is 0 Å². The van der Waals surface area contributed by atoms with E-state index in [1.807, 2.05) is 19.9 Å². The largest absolute Gasteiger partial charge is 0.397 e. The van der Waals surface area contributed by atoms with Crippen molar-refractivity contribution in [1.82, 2.24) is 0 Å². The Kier molecular flexibility index (Phi) is 20.7. The maximum Gasteiger partial charge on any atom is 0.397 e. The summed E-state index contributed by atoms with van der Waals surface area (Å²) in [7, 11) is -3.63. The quantitative estimate of drug-likeness (QED) is 0.0609. The molecule has 5 saturated heterocycles. The zero-order chi connectivity index (χ0) is 62.3. The van der Waals surface area contributed by atoms with Crippen LogP contribution in [-0.4, -0.2) is 254 Å². The molecule has 85 heavy (non-hydrogen) atoms. The lowest BCUT2D eigenvalue weighted by Gasteiger charge is -2.60. The van der Waals surface area contributed by atoms with E-state index in [0.29, 0.717) is 32.1 Å². The van der Waals surface area contributed by atoms with Crippen LogP contribution in [0.4, 0.5) is 0 Å². The van der Waals surface area contributed by atoms with Gasteiger partial charge in [0.1, 0.15) is 97.2 Å². The number of hydrogen-bond acceptors (Lipinski definition) is 26. The lowest BCUT2D eigenvalue weighted by Crippen LogP contribution is -2.67. The molecule has 0 aromatic carbocycles. The van der Waals surface area contributed by atoms with Crippen LogP contribution in [0.15, 0.2) is 23.3 Å². The highest BCUT2D eigenvalue weighted by Gasteiger charge is 2.64. The monoisotopic (exact) mass is 1240 g/mol. The van der Waals surface area contributed by atoms with Gasteiger partial charge in [0.25, 0.3) is 0 Å². The third kappa shape index (κ3) is 13.2. The minimum atomic E-state index is -4.88. The molecule has 9 rings (SSSR count). The number of carbonyl (C=O) groups is 1. The second-order valence-corrected chi connectivity index (χ2v) is 27.3. The zero-order valence-corrected chi connectivity index (χ0v) is 50.6. The van der Waals surface area contributed by atoms with Crippen LogP contribution >= 0.6 is 0 Å². The van der Waals surface area contributed by atoms with Gasteiger partial charge < -0.3 is 108 Å². The molecule has 3 saturated carbocycles. The Bertz CT molecular complexity index is 2480. The highest BCUT2D eigenvalue weighted by Crippen LogP contribution is 2.67. The molecule has 4 aliphatic carbocycles. The minimum absolute atomic E-state index is 0.0450. The number of hydrogen-bond donors (Lipinski definition) is 12. The van der Waals surface area contributed by atoms with Crippen LogP contribution in [0.3, 0.4) is 0 Å². The van der Waals surface area contributed by atoms with Gasteiger partial charge in [-0.05, 0) is 122 Å². The fourth-order valence-electron chi connectivity index (χ4n) is 15.5. The Morgan fingerprint density at radius 3 is 1.78 bits per heavy atom. The van der Waals surface area contributed by atoms with E-state index in [2.05, 4.69) is 19.9 Å². The van der Waals surface area contributed by atoms with E-state index in [1.165, 1.54) is 34.8 Å². The Morgan fingerprint density at radius 1 is 0.635 bits per heavy atom. The molecule has 0 spiro atoms. The highest BCUT2D eigenvalue weighted by molar-refractivity contribution is 7.80. The average Bonchev–Trinajstić information content (AvgIpc) is 1.70. The molecule has 488 valence electrons. The normalized spacial score (nSPS) is 51.1. The van der Waals surface area contributed by atoms with Crippen LogP contribution in [0.1, 0.15) is 114 Å². The second-order valence-electron chi connectivity index (χ2n) is 26.2. The molecule has 9 aliphatic rings. The van der Waals surface area contributed by atoms with E-state index in [0.717, 1.165) is 11.1 Å². The molecule has 0 aromatic heterocycles. The van der Waals surface area contributed by atoms with Gasteiger partial charge >= 0.3 is 10.4 Å². The number of Topliss-reactive ketones (excluding diaryl/α,β-unsaturated/α-hetero) is 1. The van der Waals surface area contributed by atoms with Gasteiger partial charge in [0.2, 0.25) is 0 Å². The summed E-state index contributed by atoms with van der Waals surface area (Å²) in [5.41, 5.74) is -0.724. The number of methoxy groups -OCH3 is 1. The molecule has 0 aromatic rings. The van der Waals surface area contributed by atoms with Gasteiger partial charge in [0.15, 0.2) is 37.2 Å². The van der Waals surface area contributed by atoms with E-state index in [9.17, 15) is 73.9 Å². The number of ether oxygens (including phenoxy) is 11. The van der Waals surface area contributed by atoms with E-state index < -0.39 is 205 Å². The molecule has 8 fully saturated rings. The lowest BCUT2D eigenvalue weighted by molar-refractivity contribution is -0.398. The van der Waals surface area contributed by atoms with Crippen LogP contribution < -0.4 is 0 Å². The van der Waals surface area contributed by atoms with Gasteiger partial charge in [-0.1, -0.05) is 37.1 Å². The summed E-state index contributed by atoms with van der Waals surface area (Å²) in [6.07, 6.45) is -32.4. The molecule has 5 heterocycles. The summed E-state index contributed by atoms with van der Waals surface area (Å²) < 4.78 is 107. The van der Waals surface area contributed by atoms with Crippen molar-refractivity contribution in [1.29, 1.82) is 0 Å². The van der Waals surface area contributed by atoms with Crippen LogP contribution in [0.25, 0.3) is 0 Å². The van der Waals surface area contributed by atoms with Crippen LogP contribution in [0, 0.1) is 34.5 Å². The van der Waals surface area contributed by atoms with Crippen molar-refractivity contribution in [3.05, 3.63) is 23.3 Å². The number of aliphatic hydroxyl groups excluding tert-OH is 10. The third-order valence-electron chi connectivity index (χ3n) is 20.5. The molecule has 12 N–H and O–H groups in total. The van der Waals surface area contributed by atoms with Gasteiger partial charge in [-0.25, -0.2) is 4.18 Å². The molecule has 5 aliphatic heterocycles. The van der Waals surface area contributed by atoms with Crippen LogP contribution in [-0.2, 0) is 71.5 Å². The number of allylic oxidation sites excluding steroid dienone is 4. The summed E-state index contributed by atoms with van der Waals surface area (Å²) in [5.74, 6) is -1.38. The predicted molar refractivity (Wildman–Crippen MR) is 289 cm³/mol. The second kappa shape index (κ2) is 26.0. The van der Waals surface area contributed by atoms with Crippen LogP contribution in [0.5, 0.6) is 0 Å². The van der Waals surface area contributed by atoms with E-state index in [-0.39, 0.29) is 36.9 Å². The summed E-state index contributed by atoms with van der Waals surface area (Å²) in [4.78, 5) is 13.8. The highest BCUT2D eigenvalue weighted by atomic mass is 32.3. The van der Waals surface area contributed by atoms with Crippen molar-refractivity contribution in [2.45, 2.75) is 279 Å². The van der Waals surface area contributed by atoms with Gasteiger partial charge in [-0.15, -0.1) is 0 Å². The first-order valence-electron chi connectivity index (χ1n) is 29.8. The maximum absolute atomic E-state index is 13.8. The van der Waals surface area contributed by atoms with Gasteiger partial charge in [0, 0.05) is 19.4 Å². The average molecular weight is 1240 g/mol. The van der Waals surface area contributed by atoms with Crippen molar-refractivity contribution in [3.8, 4) is 0 Å². The van der Waals surface area contributed by atoms with Gasteiger partial charge in [-0.2, -0.15) is 8.42 Å². The first-order valence-corrected chi connectivity index (χ1v) is 31.2. The molecular formula is C57H92O27S. The summed E-state index contributed by atoms with van der Waals surface area (Å²) in [6, 6.07) is 0. The lowest BCUT2D eigenvalue weighted by atomic mass is 9.47. The number of carbonyl (C=O) groups excluding carboxylic acids is 1. The standard InChI is InChI=1S/C57H92O27S/c1-22(2)11-14-35(58)57(9,69)34-13-12-29-28-20-32(31-19-27(84-85(70,71)72)15-17-55(31,7)30(28)16-18-56(29,34)8)79-51-45(68)47(39(62)26(6)76-51)81-53-48(82-52-44(67)46(73-10)38(61)25(5)77-52)40(63)33(21-74-53)80-54-49(42(65)37(60)24(4)78-54)83-50-43(66)41(64)36(59)23(3)75-50/h11,16,23-29,31-34,36-54,59-69H,12-15,17-21H2,1-10H3,(H,70,71,72)/t23-,24-,25-,26-,27+,28?,29?,31?,32+,33-,34+,36+,37-,38-,39-,40+,41+,42+,43-,44-,45-,46+,47+,48-,49-,50+,51+,52+,53+,54+,55-,56+,57-/m1/s1. The van der Waals surface area contributed by atoms with E-state index in [4.69, 9.17) is 56.3 Å². The zero-order valence-electron chi connectivity index (χ0n) is 49.7. The first kappa shape index (κ1) is 67.5. The summed E-state index contributed by atoms with van der Waals surface area (Å²) >= 11 is 0. The molecule has 33 atom stereocenters. The van der Waals surface area contributed by atoms with E-state index in [1.54, 1.807) is 6.92 Å². The Hall–Kier alpha value is -1.86. The summed E-state index contributed by atoms with van der Waals surface area (Å²) in [5, 5.41) is 125. The molecule has 3 unspecified atom stereocenters. The van der Waals surface area contributed by atoms with Crippen LogP contribution in [0.2, 0.25) is 0 Å². The first-order chi connectivity index (χ1) is 39.7. The molecule has 0 amide bonds. The number of ketones is 1. The Labute approximate surface area is 495 Å². The smallest absolute Gasteiger partial charge is 0.388 e. The minimum Gasteiger partial charge on any atom is -0.388 e. The van der Waals surface area contributed by atoms with E-state index >= 15 is 0 Å². The topological polar surface area (TPSA) is 405 Å². The number of fused-ring (bicyclic) bond motifs is 5. The van der Waals surface area contributed by atoms with Gasteiger partial charge in [-0.3, -0.25) is 9.35 Å². The number of aliphatic hydroxyl groups is 11. The molecule has 0 radical (unpaired) electrons.